The molecule has 0 N–H and O–H groups in total. The molecule has 0 aliphatic carbocycles. The molecule has 2 heterocycles. The van der Waals surface area contributed by atoms with E-state index in [1.807, 2.05) is 54.6 Å². The fourth-order valence-corrected chi connectivity index (χ4v) is 6.34. The average Bonchev–Trinajstić information content (AvgIpc) is 3.72. The summed E-state index contributed by atoms with van der Waals surface area (Å²) in [5, 5.41) is 4.31. The number of oxazole rings is 1. The highest BCUT2D eigenvalue weighted by molar-refractivity contribution is 6.11. The molecule has 0 bridgehead atoms. The first-order valence-electron chi connectivity index (χ1n) is 15.0. The Morgan fingerprint density at radius 2 is 1.04 bits per heavy atom. The lowest BCUT2D eigenvalue weighted by Gasteiger charge is -2.27. The summed E-state index contributed by atoms with van der Waals surface area (Å²) < 4.78 is 12.4. The molecule has 0 saturated heterocycles. The fourth-order valence-electron chi connectivity index (χ4n) is 6.34. The van der Waals surface area contributed by atoms with Gasteiger partial charge < -0.3 is 13.7 Å². The largest absolute Gasteiger partial charge is 0.456 e. The Bertz CT molecular complexity index is 2480. The average molecular weight is 579 g/mol. The Balaban J connectivity index is 1.25. The summed E-state index contributed by atoms with van der Waals surface area (Å²) in [4.78, 5) is 7.29. The smallest absolute Gasteiger partial charge is 0.227 e. The van der Waals surface area contributed by atoms with E-state index in [1.165, 1.54) is 11.1 Å². The van der Waals surface area contributed by atoms with Crippen molar-refractivity contribution in [2.45, 2.75) is 0 Å². The van der Waals surface area contributed by atoms with Crippen LogP contribution in [0.5, 0.6) is 0 Å². The number of aromatic nitrogens is 1. The molecule has 2 aromatic heterocycles. The summed E-state index contributed by atoms with van der Waals surface area (Å²) in [6.07, 6.45) is 0. The molecule has 7 aromatic carbocycles. The highest BCUT2D eigenvalue weighted by Crippen LogP contribution is 2.43. The van der Waals surface area contributed by atoms with Crippen molar-refractivity contribution in [3.05, 3.63) is 158 Å². The van der Waals surface area contributed by atoms with Crippen molar-refractivity contribution in [2.75, 3.05) is 4.90 Å². The molecule has 0 fully saturated rings. The number of hydrogen-bond acceptors (Lipinski definition) is 4. The zero-order valence-electron chi connectivity index (χ0n) is 24.2. The molecule has 0 saturated carbocycles. The van der Waals surface area contributed by atoms with E-state index < -0.39 is 0 Å². The molecule has 45 heavy (non-hydrogen) atoms. The van der Waals surface area contributed by atoms with Gasteiger partial charge in [-0.25, -0.2) is 4.98 Å². The highest BCUT2D eigenvalue weighted by atomic mass is 16.3. The number of nitrogens with zero attached hydrogens (tertiary/aromatic N) is 2. The van der Waals surface area contributed by atoms with E-state index in [0.717, 1.165) is 66.4 Å². The standard InChI is InChI=1S/C41H26N2O2/c1-3-10-27(11-4-1)28-18-20-30(21-19-28)43(31-22-24-38-35(26-31)33-14-7-8-17-37(33)44-38)36-16-9-15-34-32(36)23-25-39-40(34)42-41(45-39)29-12-5-2-6-13-29/h1-26H. The van der Waals surface area contributed by atoms with E-state index in [4.69, 9.17) is 13.8 Å². The zero-order chi connectivity index (χ0) is 29.7. The summed E-state index contributed by atoms with van der Waals surface area (Å²) >= 11 is 0. The van der Waals surface area contributed by atoms with E-state index in [9.17, 15) is 0 Å². The predicted molar refractivity (Wildman–Crippen MR) is 184 cm³/mol. The Morgan fingerprint density at radius 3 is 1.87 bits per heavy atom. The van der Waals surface area contributed by atoms with Crippen LogP contribution in [-0.4, -0.2) is 4.98 Å². The quantitative estimate of drug-likeness (QED) is 0.204. The minimum atomic E-state index is 0.620. The molecule has 0 radical (unpaired) electrons. The van der Waals surface area contributed by atoms with Crippen LogP contribution in [0.4, 0.5) is 17.1 Å². The van der Waals surface area contributed by atoms with Crippen LogP contribution in [-0.2, 0) is 0 Å². The lowest BCUT2D eigenvalue weighted by Crippen LogP contribution is -2.10. The number of benzene rings is 7. The molecule has 4 nitrogen and oxygen atoms in total. The third-order valence-electron chi connectivity index (χ3n) is 8.51. The van der Waals surface area contributed by atoms with Crippen molar-refractivity contribution in [2.24, 2.45) is 0 Å². The van der Waals surface area contributed by atoms with Crippen LogP contribution in [0, 0.1) is 0 Å². The molecule has 0 aliphatic rings. The summed E-state index contributed by atoms with van der Waals surface area (Å²) in [5.74, 6) is 0.620. The van der Waals surface area contributed by atoms with Crippen molar-refractivity contribution in [3.8, 4) is 22.6 Å². The van der Waals surface area contributed by atoms with Gasteiger partial charge in [-0.3, -0.25) is 0 Å². The van der Waals surface area contributed by atoms with Crippen LogP contribution in [0.25, 0.3) is 66.4 Å². The minimum Gasteiger partial charge on any atom is -0.456 e. The van der Waals surface area contributed by atoms with Gasteiger partial charge >= 0.3 is 0 Å². The molecule has 9 aromatic rings. The maximum absolute atomic E-state index is 6.23. The van der Waals surface area contributed by atoms with Crippen LogP contribution < -0.4 is 4.90 Å². The fraction of sp³-hybridized carbons (Fsp3) is 0. The molecule has 4 heteroatoms. The van der Waals surface area contributed by atoms with E-state index in [2.05, 4.69) is 108 Å². The van der Waals surface area contributed by atoms with E-state index >= 15 is 0 Å². The maximum atomic E-state index is 6.23. The van der Waals surface area contributed by atoms with Gasteiger partial charge in [-0.05, 0) is 77.9 Å². The van der Waals surface area contributed by atoms with Crippen LogP contribution in [0.2, 0.25) is 0 Å². The summed E-state index contributed by atoms with van der Waals surface area (Å²) in [6, 6.07) is 54.5. The lowest BCUT2D eigenvalue weighted by molar-refractivity contribution is 0.620. The minimum absolute atomic E-state index is 0.620. The van der Waals surface area contributed by atoms with Gasteiger partial charge in [0.2, 0.25) is 5.89 Å². The third kappa shape index (κ3) is 4.27. The molecule has 212 valence electrons. The lowest BCUT2D eigenvalue weighted by atomic mass is 10.0. The van der Waals surface area contributed by atoms with Crippen LogP contribution >= 0.6 is 0 Å². The number of rotatable bonds is 5. The molecule has 9 rings (SSSR count). The second-order valence-corrected chi connectivity index (χ2v) is 11.2. The molecule has 0 amide bonds. The predicted octanol–water partition coefficient (Wildman–Crippen LogP) is 11.7. The second kappa shape index (κ2) is 10.2. The van der Waals surface area contributed by atoms with Crippen LogP contribution in [0.15, 0.2) is 167 Å². The van der Waals surface area contributed by atoms with Crippen molar-refractivity contribution < 1.29 is 8.83 Å². The van der Waals surface area contributed by atoms with Gasteiger partial charge in [0.25, 0.3) is 0 Å². The van der Waals surface area contributed by atoms with Gasteiger partial charge in [0.1, 0.15) is 16.7 Å². The van der Waals surface area contributed by atoms with E-state index in [-0.39, 0.29) is 0 Å². The highest BCUT2D eigenvalue weighted by Gasteiger charge is 2.20. The third-order valence-corrected chi connectivity index (χ3v) is 8.51. The van der Waals surface area contributed by atoms with Crippen molar-refractivity contribution in [1.29, 1.82) is 0 Å². The first-order valence-corrected chi connectivity index (χ1v) is 15.0. The monoisotopic (exact) mass is 578 g/mol. The number of furan rings is 1. The SMILES string of the molecule is c1ccc(-c2ccc(N(c3ccc4oc5ccccc5c4c3)c3cccc4c3ccc3oc(-c5ccccc5)nc34)cc2)cc1. The van der Waals surface area contributed by atoms with Gasteiger partial charge in [0, 0.05) is 38.5 Å². The Kier molecular flexibility index (Phi) is 5.78. The number of para-hydroxylation sites is 1. The number of anilines is 3. The summed E-state index contributed by atoms with van der Waals surface area (Å²) in [5.41, 5.74) is 9.84. The first-order chi connectivity index (χ1) is 22.3. The topological polar surface area (TPSA) is 42.4 Å². The van der Waals surface area contributed by atoms with E-state index in [1.54, 1.807) is 0 Å². The number of fused-ring (bicyclic) bond motifs is 6. The Labute approximate surface area is 259 Å². The van der Waals surface area contributed by atoms with Crippen molar-refractivity contribution >= 4 is 60.9 Å². The Hall–Kier alpha value is -6.13. The molecular formula is C41H26N2O2. The van der Waals surface area contributed by atoms with Gasteiger partial charge in [-0.1, -0.05) is 91.0 Å². The van der Waals surface area contributed by atoms with Gasteiger partial charge in [-0.2, -0.15) is 0 Å². The van der Waals surface area contributed by atoms with Crippen molar-refractivity contribution in [3.63, 3.8) is 0 Å². The normalized spacial score (nSPS) is 11.6. The van der Waals surface area contributed by atoms with Gasteiger partial charge in [-0.15, -0.1) is 0 Å². The Morgan fingerprint density at radius 1 is 0.400 bits per heavy atom. The molecular weight excluding hydrogens is 552 g/mol. The molecule has 0 spiro atoms. The zero-order valence-corrected chi connectivity index (χ0v) is 24.2. The van der Waals surface area contributed by atoms with Crippen molar-refractivity contribution in [1.82, 2.24) is 4.98 Å². The van der Waals surface area contributed by atoms with Crippen LogP contribution in [0.3, 0.4) is 0 Å². The maximum Gasteiger partial charge on any atom is 0.227 e. The van der Waals surface area contributed by atoms with E-state index in [0.29, 0.717) is 5.89 Å². The van der Waals surface area contributed by atoms with Gasteiger partial charge in [0.15, 0.2) is 5.58 Å². The van der Waals surface area contributed by atoms with Gasteiger partial charge in [0.05, 0.1) is 5.69 Å². The second-order valence-electron chi connectivity index (χ2n) is 11.2. The summed E-state index contributed by atoms with van der Waals surface area (Å²) in [6.45, 7) is 0. The molecule has 0 unspecified atom stereocenters. The summed E-state index contributed by atoms with van der Waals surface area (Å²) in [7, 11) is 0. The first kappa shape index (κ1) is 25.4. The van der Waals surface area contributed by atoms with Crippen LogP contribution in [0.1, 0.15) is 0 Å². The number of hydrogen-bond donors (Lipinski definition) is 0. The molecule has 0 atom stereocenters. The molecule has 0 aliphatic heterocycles.